The quantitative estimate of drug-likeness (QED) is 0.317. The molecule has 8 atom stereocenters. The second-order valence-electron chi connectivity index (χ2n) is 12.4. The molecule has 170 valence electrons. The summed E-state index contributed by atoms with van der Waals surface area (Å²) in [6.45, 7) is 13.2. The summed E-state index contributed by atoms with van der Waals surface area (Å²) < 4.78 is 5.36. The highest BCUT2D eigenvalue weighted by Crippen LogP contribution is 2.67. The molecule has 4 aliphatic carbocycles. The zero-order chi connectivity index (χ0) is 21.5. The average Bonchev–Trinajstić information content (AvgIpc) is 3.05. The molecular weight excluding hydrogens is 368 g/mol. The molecule has 0 radical (unpaired) electrons. The first-order valence-electron chi connectivity index (χ1n) is 13.1. The molecule has 0 heterocycles. The molecule has 0 aromatic heterocycles. The second-order valence-corrected chi connectivity index (χ2v) is 12.4. The lowest BCUT2D eigenvalue weighted by Crippen LogP contribution is -2.51. The standard InChI is InChI=1S/C28H46O2/c1-19(2)7-6-8-20(3)24-11-12-25-23-10-9-21-17-22(30-18-29)13-15-27(21,4)26(23)14-16-28(24,25)5/h9,18-20,22-26H,6-8,10-17H2,1-5H3/t20?,22-,23-,24?,25?,26-,27-,28+/m0/s1. The van der Waals surface area contributed by atoms with E-state index in [9.17, 15) is 4.79 Å². The van der Waals surface area contributed by atoms with E-state index in [2.05, 4.69) is 40.7 Å². The number of carbonyl (C=O) groups excluding carboxylic acids is 1. The Kier molecular flexibility index (Phi) is 6.44. The van der Waals surface area contributed by atoms with Gasteiger partial charge in [0, 0.05) is 6.42 Å². The third kappa shape index (κ3) is 3.79. The fraction of sp³-hybridized carbons (Fsp3) is 0.893. The second kappa shape index (κ2) is 8.62. The van der Waals surface area contributed by atoms with Gasteiger partial charge in [0.1, 0.15) is 6.10 Å². The lowest BCUT2D eigenvalue weighted by molar-refractivity contribution is -0.136. The molecule has 0 amide bonds. The summed E-state index contributed by atoms with van der Waals surface area (Å²) >= 11 is 0. The maximum absolute atomic E-state index is 10.8. The van der Waals surface area contributed by atoms with Gasteiger partial charge in [0.15, 0.2) is 0 Å². The van der Waals surface area contributed by atoms with Crippen molar-refractivity contribution < 1.29 is 9.53 Å². The van der Waals surface area contributed by atoms with Crippen molar-refractivity contribution in [2.24, 2.45) is 46.3 Å². The van der Waals surface area contributed by atoms with Crippen LogP contribution in [0.25, 0.3) is 0 Å². The van der Waals surface area contributed by atoms with Gasteiger partial charge >= 0.3 is 0 Å². The van der Waals surface area contributed by atoms with Crippen LogP contribution in [0, 0.1) is 46.3 Å². The minimum atomic E-state index is 0.120. The Hall–Kier alpha value is -0.790. The van der Waals surface area contributed by atoms with Gasteiger partial charge in [-0.1, -0.05) is 65.5 Å². The van der Waals surface area contributed by atoms with Crippen molar-refractivity contribution in [1.82, 2.24) is 0 Å². The Bertz CT molecular complexity index is 651. The van der Waals surface area contributed by atoms with Gasteiger partial charge in [-0.05, 0) is 91.3 Å². The van der Waals surface area contributed by atoms with E-state index in [4.69, 9.17) is 4.74 Å². The zero-order valence-electron chi connectivity index (χ0n) is 20.3. The highest BCUT2D eigenvalue weighted by atomic mass is 16.5. The molecule has 3 saturated carbocycles. The molecule has 0 aliphatic heterocycles. The van der Waals surface area contributed by atoms with Crippen molar-refractivity contribution in [3.05, 3.63) is 11.6 Å². The van der Waals surface area contributed by atoms with E-state index in [0.29, 0.717) is 17.3 Å². The van der Waals surface area contributed by atoms with E-state index in [1.165, 1.54) is 57.8 Å². The molecule has 0 spiro atoms. The topological polar surface area (TPSA) is 26.3 Å². The number of carbonyl (C=O) groups is 1. The molecule has 0 saturated heterocycles. The summed E-state index contributed by atoms with van der Waals surface area (Å²) in [6, 6.07) is 0. The summed E-state index contributed by atoms with van der Waals surface area (Å²) in [4.78, 5) is 10.8. The predicted octanol–water partition coefficient (Wildman–Crippen LogP) is 7.57. The van der Waals surface area contributed by atoms with Crippen molar-refractivity contribution in [1.29, 1.82) is 0 Å². The highest BCUT2D eigenvalue weighted by Gasteiger charge is 2.59. The van der Waals surface area contributed by atoms with E-state index in [0.717, 1.165) is 48.3 Å². The molecule has 4 rings (SSSR count). The van der Waals surface area contributed by atoms with Crippen LogP contribution in [0.1, 0.15) is 105 Å². The van der Waals surface area contributed by atoms with Crippen LogP contribution in [-0.4, -0.2) is 12.6 Å². The number of hydrogen-bond acceptors (Lipinski definition) is 2. The Morgan fingerprint density at radius 1 is 1.07 bits per heavy atom. The number of allylic oxidation sites excluding steroid dienone is 1. The average molecular weight is 415 g/mol. The summed E-state index contributed by atoms with van der Waals surface area (Å²) in [5.41, 5.74) is 2.54. The van der Waals surface area contributed by atoms with Crippen LogP contribution >= 0.6 is 0 Å². The van der Waals surface area contributed by atoms with Gasteiger partial charge in [0.25, 0.3) is 6.47 Å². The molecule has 0 aromatic carbocycles. The molecule has 3 unspecified atom stereocenters. The Labute approximate surface area is 185 Å². The van der Waals surface area contributed by atoms with Crippen molar-refractivity contribution in [2.45, 2.75) is 111 Å². The molecule has 0 bridgehead atoms. The minimum absolute atomic E-state index is 0.120. The van der Waals surface area contributed by atoms with Crippen LogP contribution in [0.15, 0.2) is 11.6 Å². The van der Waals surface area contributed by atoms with Gasteiger partial charge in [0.2, 0.25) is 0 Å². The number of rotatable bonds is 7. The third-order valence-corrected chi connectivity index (χ3v) is 10.5. The Balaban J connectivity index is 1.47. The van der Waals surface area contributed by atoms with Crippen LogP contribution in [0.5, 0.6) is 0 Å². The van der Waals surface area contributed by atoms with Crippen molar-refractivity contribution in [2.75, 3.05) is 0 Å². The van der Waals surface area contributed by atoms with Crippen molar-refractivity contribution >= 4 is 6.47 Å². The van der Waals surface area contributed by atoms with E-state index in [1.54, 1.807) is 5.57 Å². The van der Waals surface area contributed by atoms with Crippen LogP contribution in [0.4, 0.5) is 0 Å². The lowest BCUT2D eigenvalue weighted by atomic mass is 9.47. The first-order valence-corrected chi connectivity index (χ1v) is 13.1. The number of hydrogen-bond donors (Lipinski definition) is 0. The molecule has 3 fully saturated rings. The molecule has 30 heavy (non-hydrogen) atoms. The fourth-order valence-corrected chi connectivity index (χ4v) is 8.85. The van der Waals surface area contributed by atoms with E-state index >= 15 is 0 Å². The van der Waals surface area contributed by atoms with Crippen LogP contribution < -0.4 is 0 Å². The van der Waals surface area contributed by atoms with E-state index in [1.807, 2.05) is 0 Å². The highest BCUT2D eigenvalue weighted by molar-refractivity contribution is 5.38. The summed E-state index contributed by atoms with van der Waals surface area (Å²) in [5, 5.41) is 0. The van der Waals surface area contributed by atoms with Crippen molar-refractivity contribution in [3.63, 3.8) is 0 Å². The maximum atomic E-state index is 10.8. The molecule has 4 aliphatic rings. The largest absolute Gasteiger partial charge is 0.464 e. The smallest absolute Gasteiger partial charge is 0.293 e. The normalized spacial score (nSPS) is 43.9. The number of ether oxygens (including phenoxy) is 1. The van der Waals surface area contributed by atoms with Gasteiger partial charge in [-0.25, -0.2) is 0 Å². The SMILES string of the molecule is CC(C)CCCC(C)C1CCC2[C@@H]3CC=C4C[C@@H](OC=O)CC[C@]4(C)[C@H]3CC[C@]12C. The minimum Gasteiger partial charge on any atom is -0.464 e. The molecule has 0 aromatic rings. The third-order valence-electron chi connectivity index (χ3n) is 10.5. The molecule has 2 heteroatoms. The van der Waals surface area contributed by atoms with Gasteiger partial charge < -0.3 is 4.74 Å². The van der Waals surface area contributed by atoms with E-state index in [-0.39, 0.29) is 6.10 Å². The molecule has 0 N–H and O–H groups in total. The van der Waals surface area contributed by atoms with Crippen molar-refractivity contribution in [3.8, 4) is 0 Å². The van der Waals surface area contributed by atoms with Gasteiger partial charge in [-0.15, -0.1) is 0 Å². The fourth-order valence-electron chi connectivity index (χ4n) is 8.85. The maximum Gasteiger partial charge on any atom is 0.293 e. The van der Waals surface area contributed by atoms with Gasteiger partial charge in [-0.2, -0.15) is 0 Å². The molecule has 2 nitrogen and oxygen atoms in total. The summed E-state index contributed by atoms with van der Waals surface area (Å²) in [5.74, 6) is 5.32. The molecular formula is C28H46O2. The van der Waals surface area contributed by atoms with Crippen LogP contribution in [0.2, 0.25) is 0 Å². The van der Waals surface area contributed by atoms with E-state index < -0.39 is 0 Å². The zero-order valence-corrected chi connectivity index (χ0v) is 20.3. The summed E-state index contributed by atoms with van der Waals surface area (Å²) in [7, 11) is 0. The lowest BCUT2D eigenvalue weighted by Gasteiger charge is -2.58. The Morgan fingerprint density at radius 3 is 2.60 bits per heavy atom. The first-order chi connectivity index (χ1) is 14.3. The van der Waals surface area contributed by atoms with Crippen LogP contribution in [-0.2, 0) is 9.53 Å². The van der Waals surface area contributed by atoms with Crippen LogP contribution in [0.3, 0.4) is 0 Å². The monoisotopic (exact) mass is 414 g/mol. The first kappa shape index (κ1) is 22.4. The van der Waals surface area contributed by atoms with Gasteiger partial charge in [0.05, 0.1) is 0 Å². The predicted molar refractivity (Wildman–Crippen MR) is 124 cm³/mol. The summed E-state index contributed by atoms with van der Waals surface area (Å²) in [6.07, 6.45) is 17.2. The number of fused-ring (bicyclic) bond motifs is 5. The van der Waals surface area contributed by atoms with Gasteiger partial charge in [-0.3, -0.25) is 4.79 Å². The Morgan fingerprint density at radius 2 is 1.87 bits per heavy atom.